The summed E-state index contributed by atoms with van der Waals surface area (Å²) in [6.07, 6.45) is 1.15. The molecule has 1 atom stereocenters. The van der Waals surface area contributed by atoms with Crippen LogP contribution in [0.4, 0.5) is 0 Å². The Morgan fingerprint density at radius 2 is 2.00 bits per heavy atom. The molecule has 1 rings (SSSR count). The maximum atomic E-state index is 3.55. The fourth-order valence-electron chi connectivity index (χ4n) is 1.64. The van der Waals surface area contributed by atoms with Gasteiger partial charge in [0.25, 0.3) is 0 Å². The quantitative estimate of drug-likeness (QED) is 0.784. The Balaban J connectivity index is 2.76. The van der Waals surface area contributed by atoms with Crippen LogP contribution in [0.5, 0.6) is 0 Å². The third kappa shape index (κ3) is 2.82. The minimum Gasteiger partial charge on any atom is -0.309 e. The van der Waals surface area contributed by atoms with Gasteiger partial charge >= 0.3 is 0 Å². The molecule has 1 unspecified atom stereocenters. The summed E-state index contributed by atoms with van der Waals surface area (Å²) in [4.78, 5) is 2.97. The Bertz CT molecular complexity index is 265. The van der Waals surface area contributed by atoms with Crippen molar-refractivity contribution in [1.82, 2.24) is 5.32 Å². The summed E-state index contributed by atoms with van der Waals surface area (Å²) in [5.41, 5.74) is 0. The first-order valence-corrected chi connectivity index (χ1v) is 6.32. The first-order valence-electron chi connectivity index (χ1n) is 5.51. The average Bonchev–Trinajstić information content (AvgIpc) is 2.61. The van der Waals surface area contributed by atoms with Crippen LogP contribution in [-0.4, -0.2) is 6.54 Å². The van der Waals surface area contributed by atoms with Crippen molar-refractivity contribution in [3.63, 3.8) is 0 Å². The molecular weight excluding hydrogens is 190 g/mol. The van der Waals surface area contributed by atoms with E-state index in [4.69, 9.17) is 0 Å². The van der Waals surface area contributed by atoms with Gasteiger partial charge in [-0.05, 0) is 31.0 Å². The molecular formula is C12H21NS. The van der Waals surface area contributed by atoms with Crippen LogP contribution in [0.25, 0.3) is 0 Å². The van der Waals surface area contributed by atoms with E-state index in [1.165, 1.54) is 9.75 Å². The van der Waals surface area contributed by atoms with Crippen LogP contribution in [0.2, 0.25) is 0 Å². The van der Waals surface area contributed by atoms with Crippen LogP contribution in [0.3, 0.4) is 0 Å². The first kappa shape index (κ1) is 11.7. The van der Waals surface area contributed by atoms with Crippen molar-refractivity contribution in [2.45, 2.75) is 40.2 Å². The molecule has 80 valence electrons. The summed E-state index contributed by atoms with van der Waals surface area (Å²) in [6.45, 7) is 9.98. The predicted octanol–water partition coefficient (Wildman–Crippen LogP) is 3.62. The predicted molar refractivity (Wildman–Crippen MR) is 65.0 cm³/mol. The Morgan fingerprint density at radius 1 is 1.29 bits per heavy atom. The van der Waals surface area contributed by atoms with E-state index in [0.717, 1.165) is 13.0 Å². The van der Waals surface area contributed by atoms with E-state index >= 15 is 0 Å². The highest BCUT2D eigenvalue weighted by atomic mass is 32.1. The van der Waals surface area contributed by atoms with Crippen LogP contribution in [0, 0.1) is 5.92 Å². The Morgan fingerprint density at radius 3 is 2.43 bits per heavy atom. The normalized spacial score (nSPS) is 13.5. The van der Waals surface area contributed by atoms with Gasteiger partial charge < -0.3 is 5.32 Å². The topological polar surface area (TPSA) is 12.0 Å². The van der Waals surface area contributed by atoms with E-state index in [1.807, 2.05) is 11.3 Å². The fourth-order valence-corrected chi connectivity index (χ4v) is 2.84. The Labute approximate surface area is 91.5 Å². The van der Waals surface area contributed by atoms with E-state index in [9.17, 15) is 0 Å². The summed E-state index contributed by atoms with van der Waals surface area (Å²) in [5, 5.41) is 3.55. The second kappa shape index (κ2) is 5.52. The van der Waals surface area contributed by atoms with Gasteiger partial charge in [0.2, 0.25) is 0 Å². The smallest absolute Gasteiger partial charge is 0.0438 e. The lowest BCUT2D eigenvalue weighted by Gasteiger charge is -2.20. The molecule has 0 aliphatic heterocycles. The van der Waals surface area contributed by atoms with E-state index < -0.39 is 0 Å². The van der Waals surface area contributed by atoms with Crippen molar-refractivity contribution >= 4 is 11.3 Å². The average molecular weight is 211 g/mol. The lowest BCUT2D eigenvalue weighted by molar-refractivity contribution is 0.428. The van der Waals surface area contributed by atoms with E-state index in [1.54, 1.807) is 0 Å². The van der Waals surface area contributed by atoms with Crippen molar-refractivity contribution in [1.29, 1.82) is 0 Å². The highest BCUT2D eigenvalue weighted by Gasteiger charge is 2.15. The summed E-state index contributed by atoms with van der Waals surface area (Å²) in [7, 11) is 0. The van der Waals surface area contributed by atoms with Crippen LogP contribution in [0.1, 0.15) is 43.5 Å². The van der Waals surface area contributed by atoms with Gasteiger partial charge in [-0.1, -0.05) is 27.7 Å². The zero-order valence-electron chi connectivity index (χ0n) is 9.63. The van der Waals surface area contributed by atoms with Gasteiger partial charge in [0.05, 0.1) is 0 Å². The molecule has 0 saturated carbocycles. The number of hydrogen-bond donors (Lipinski definition) is 1. The van der Waals surface area contributed by atoms with Crippen LogP contribution in [0.15, 0.2) is 12.1 Å². The number of hydrogen-bond acceptors (Lipinski definition) is 2. The Hall–Kier alpha value is -0.340. The summed E-state index contributed by atoms with van der Waals surface area (Å²) >= 11 is 1.95. The molecule has 0 radical (unpaired) electrons. The standard InChI is InChI=1S/C12H21NS/c1-5-10-7-8-11(14-10)12(9(3)4)13-6-2/h7-9,12-13H,5-6H2,1-4H3. The molecule has 0 spiro atoms. The lowest BCUT2D eigenvalue weighted by atomic mass is 10.0. The SMILES string of the molecule is CCNC(c1ccc(CC)s1)C(C)C. The van der Waals surface area contributed by atoms with Crippen LogP contribution in [-0.2, 0) is 6.42 Å². The van der Waals surface area contributed by atoms with E-state index in [-0.39, 0.29) is 0 Å². The van der Waals surface area contributed by atoms with Gasteiger partial charge in [-0.25, -0.2) is 0 Å². The molecule has 1 aromatic rings. The van der Waals surface area contributed by atoms with Gasteiger partial charge in [0.1, 0.15) is 0 Å². The summed E-state index contributed by atoms with van der Waals surface area (Å²) in [6, 6.07) is 5.06. The highest BCUT2D eigenvalue weighted by Crippen LogP contribution is 2.28. The zero-order chi connectivity index (χ0) is 10.6. The number of nitrogens with one attached hydrogen (secondary N) is 1. The first-order chi connectivity index (χ1) is 6.69. The van der Waals surface area contributed by atoms with Crippen molar-refractivity contribution in [2.75, 3.05) is 6.54 Å². The fraction of sp³-hybridized carbons (Fsp3) is 0.667. The van der Waals surface area contributed by atoms with Gasteiger partial charge in [0, 0.05) is 15.8 Å². The monoisotopic (exact) mass is 211 g/mol. The molecule has 1 aromatic heterocycles. The highest BCUT2D eigenvalue weighted by molar-refractivity contribution is 7.12. The minimum atomic E-state index is 0.533. The number of aryl methyl sites for hydroxylation is 1. The largest absolute Gasteiger partial charge is 0.309 e. The molecule has 14 heavy (non-hydrogen) atoms. The molecule has 1 N–H and O–H groups in total. The van der Waals surface area contributed by atoms with Gasteiger partial charge in [0.15, 0.2) is 0 Å². The minimum absolute atomic E-state index is 0.533. The second-order valence-electron chi connectivity index (χ2n) is 3.94. The van der Waals surface area contributed by atoms with Crippen molar-refractivity contribution < 1.29 is 0 Å². The lowest BCUT2D eigenvalue weighted by Crippen LogP contribution is -2.24. The molecule has 0 saturated heterocycles. The molecule has 0 aromatic carbocycles. The van der Waals surface area contributed by atoms with E-state index in [0.29, 0.717) is 12.0 Å². The van der Waals surface area contributed by atoms with Crippen molar-refractivity contribution in [3.05, 3.63) is 21.9 Å². The number of rotatable bonds is 5. The molecule has 0 aliphatic rings. The molecule has 1 nitrogen and oxygen atoms in total. The molecule has 0 amide bonds. The molecule has 2 heteroatoms. The third-order valence-corrected chi connectivity index (χ3v) is 3.74. The maximum absolute atomic E-state index is 3.55. The zero-order valence-corrected chi connectivity index (χ0v) is 10.4. The van der Waals surface area contributed by atoms with Gasteiger partial charge in [-0.15, -0.1) is 11.3 Å². The Kier molecular flexibility index (Phi) is 4.63. The van der Waals surface area contributed by atoms with Crippen molar-refractivity contribution in [2.24, 2.45) is 5.92 Å². The summed E-state index contributed by atoms with van der Waals surface area (Å²) < 4.78 is 0. The molecule has 0 bridgehead atoms. The maximum Gasteiger partial charge on any atom is 0.0438 e. The number of thiophene rings is 1. The van der Waals surface area contributed by atoms with Crippen molar-refractivity contribution in [3.8, 4) is 0 Å². The molecule has 1 heterocycles. The van der Waals surface area contributed by atoms with Crippen LogP contribution < -0.4 is 5.32 Å². The molecule has 0 aliphatic carbocycles. The summed E-state index contributed by atoms with van der Waals surface area (Å²) in [5.74, 6) is 0.665. The van der Waals surface area contributed by atoms with Gasteiger partial charge in [-0.3, -0.25) is 0 Å². The molecule has 0 fully saturated rings. The van der Waals surface area contributed by atoms with Gasteiger partial charge in [-0.2, -0.15) is 0 Å². The van der Waals surface area contributed by atoms with Crippen LogP contribution >= 0.6 is 11.3 Å². The van der Waals surface area contributed by atoms with E-state index in [2.05, 4.69) is 45.1 Å². The third-order valence-electron chi connectivity index (χ3n) is 2.43. The second-order valence-corrected chi connectivity index (χ2v) is 5.14.